The number of amides is 1. The van der Waals surface area contributed by atoms with Gasteiger partial charge < -0.3 is 5.32 Å². The quantitative estimate of drug-likeness (QED) is 0.919. The fourth-order valence-corrected chi connectivity index (χ4v) is 4.13. The third-order valence-corrected chi connectivity index (χ3v) is 5.83. The summed E-state index contributed by atoms with van der Waals surface area (Å²) in [4.78, 5) is 12.7. The van der Waals surface area contributed by atoms with Crippen LogP contribution < -0.4 is 5.32 Å². The van der Waals surface area contributed by atoms with Gasteiger partial charge in [0.1, 0.15) is 0 Å². The first kappa shape index (κ1) is 18.0. The molecule has 1 aliphatic rings. The van der Waals surface area contributed by atoms with Crippen molar-refractivity contribution in [3.63, 3.8) is 0 Å². The smallest absolute Gasteiger partial charge is 0.251 e. The van der Waals surface area contributed by atoms with E-state index in [4.69, 9.17) is 0 Å². The van der Waals surface area contributed by atoms with E-state index in [-0.39, 0.29) is 22.3 Å². The van der Waals surface area contributed by atoms with Crippen LogP contribution in [0, 0.1) is 11.3 Å². The van der Waals surface area contributed by atoms with Gasteiger partial charge in [-0.2, -0.15) is 0 Å². The minimum absolute atomic E-state index is 0.146. The van der Waals surface area contributed by atoms with Gasteiger partial charge >= 0.3 is 0 Å². The molecule has 1 amide bonds. The Morgan fingerprint density at radius 3 is 2.43 bits per heavy atom. The molecular weight excluding hydrogens is 310 g/mol. The number of benzene rings is 1. The first-order chi connectivity index (χ1) is 10.6. The van der Waals surface area contributed by atoms with Crippen LogP contribution in [0.15, 0.2) is 29.2 Å². The molecule has 1 N–H and O–H groups in total. The molecule has 5 heteroatoms. The molecule has 1 aromatic carbocycles. The SMILES string of the molecule is CC(C)(C)C1CCCCC1NC(=O)c1cccc(S(C)(=O)=O)c1. The van der Waals surface area contributed by atoms with Crippen LogP contribution in [0.3, 0.4) is 0 Å². The van der Waals surface area contributed by atoms with Crippen molar-refractivity contribution < 1.29 is 13.2 Å². The second kappa shape index (κ2) is 6.63. The number of carbonyl (C=O) groups is 1. The van der Waals surface area contributed by atoms with Crippen molar-refractivity contribution in [1.29, 1.82) is 0 Å². The summed E-state index contributed by atoms with van der Waals surface area (Å²) in [5.74, 6) is 0.259. The van der Waals surface area contributed by atoms with Gasteiger partial charge in [0.15, 0.2) is 9.84 Å². The molecule has 1 saturated carbocycles. The fraction of sp³-hybridized carbons (Fsp3) is 0.611. The van der Waals surface area contributed by atoms with Crippen molar-refractivity contribution in [1.82, 2.24) is 5.32 Å². The van der Waals surface area contributed by atoms with E-state index < -0.39 is 9.84 Å². The maximum Gasteiger partial charge on any atom is 0.251 e. The van der Waals surface area contributed by atoms with Gasteiger partial charge in [-0.25, -0.2) is 8.42 Å². The second-order valence-corrected chi connectivity index (χ2v) is 9.65. The van der Waals surface area contributed by atoms with Gasteiger partial charge in [0, 0.05) is 17.9 Å². The topological polar surface area (TPSA) is 63.2 Å². The maximum atomic E-state index is 12.6. The summed E-state index contributed by atoms with van der Waals surface area (Å²) in [5, 5.41) is 3.14. The molecule has 2 unspecified atom stereocenters. The highest BCUT2D eigenvalue weighted by Crippen LogP contribution is 2.38. The zero-order chi connectivity index (χ0) is 17.3. The lowest BCUT2D eigenvalue weighted by molar-refractivity contribution is 0.0830. The van der Waals surface area contributed by atoms with Crippen LogP contribution in [0.4, 0.5) is 0 Å². The fourth-order valence-electron chi connectivity index (χ4n) is 3.46. The van der Waals surface area contributed by atoms with E-state index in [1.807, 2.05) is 0 Å². The van der Waals surface area contributed by atoms with Crippen LogP contribution in [-0.4, -0.2) is 26.6 Å². The van der Waals surface area contributed by atoms with Crippen LogP contribution in [0.1, 0.15) is 56.8 Å². The van der Waals surface area contributed by atoms with Crippen molar-refractivity contribution in [2.45, 2.75) is 57.4 Å². The maximum absolute atomic E-state index is 12.6. The van der Waals surface area contributed by atoms with Crippen molar-refractivity contribution in [3.05, 3.63) is 29.8 Å². The summed E-state index contributed by atoms with van der Waals surface area (Å²) < 4.78 is 23.3. The van der Waals surface area contributed by atoms with Gasteiger partial charge in [0.25, 0.3) is 5.91 Å². The van der Waals surface area contributed by atoms with Gasteiger partial charge in [0.05, 0.1) is 4.90 Å². The zero-order valence-electron chi connectivity index (χ0n) is 14.4. The van der Waals surface area contributed by atoms with E-state index in [1.54, 1.807) is 12.1 Å². The van der Waals surface area contributed by atoms with Crippen molar-refractivity contribution in [3.8, 4) is 0 Å². The van der Waals surface area contributed by atoms with Crippen molar-refractivity contribution >= 4 is 15.7 Å². The van der Waals surface area contributed by atoms with E-state index in [0.29, 0.717) is 11.5 Å². The van der Waals surface area contributed by atoms with Gasteiger partial charge in [-0.3, -0.25) is 4.79 Å². The van der Waals surface area contributed by atoms with Crippen molar-refractivity contribution in [2.24, 2.45) is 11.3 Å². The lowest BCUT2D eigenvalue weighted by Crippen LogP contribution is -2.46. The summed E-state index contributed by atoms with van der Waals surface area (Å²) in [6.07, 6.45) is 5.59. The Bertz CT molecular complexity index is 674. The normalized spacial score (nSPS) is 22.6. The number of hydrogen-bond donors (Lipinski definition) is 1. The third kappa shape index (κ3) is 4.56. The molecule has 4 nitrogen and oxygen atoms in total. The molecule has 23 heavy (non-hydrogen) atoms. The molecule has 1 aromatic rings. The zero-order valence-corrected chi connectivity index (χ0v) is 15.2. The first-order valence-corrected chi connectivity index (χ1v) is 10.1. The molecule has 128 valence electrons. The van der Waals surface area contributed by atoms with Crippen LogP contribution in [-0.2, 0) is 9.84 Å². The first-order valence-electron chi connectivity index (χ1n) is 8.20. The molecule has 0 radical (unpaired) electrons. The van der Waals surface area contributed by atoms with E-state index in [9.17, 15) is 13.2 Å². The average Bonchev–Trinajstić information content (AvgIpc) is 2.46. The lowest BCUT2D eigenvalue weighted by Gasteiger charge is -2.40. The Morgan fingerprint density at radius 2 is 1.83 bits per heavy atom. The highest BCUT2D eigenvalue weighted by Gasteiger charge is 2.35. The monoisotopic (exact) mass is 337 g/mol. The molecule has 0 saturated heterocycles. The Balaban J connectivity index is 2.18. The molecular formula is C18H27NO3S. The molecule has 0 aromatic heterocycles. The molecule has 1 fully saturated rings. The predicted octanol–water partition coefficient (Wildman–Crippen LogP) is 3.42. The van der Waals surface area contributed by atoms with Crippen LogP contribution in [0.2, 0.25) is 0 Å². The Morgan fingerprint density at radius 1 is 1.17 bits per heavy atom. The standard InChI is InChI=1S/C18H27NO3S/c1-18(2,3)15-10-5-6-11-16(15)19-17(20)13-8-7-9-14(12-13)23(4,21)22/h7-9,12,15-16H,5-6,10-11H2,1-4H3,(H,19,20). The van der Waals surface area contributed by atoms with Gasteiger partial charge in [-0.15, -0.1) is 0 Å². The molecule has 0 heterocycles. The molecule has 0 aliphatic heterocycles. The predicted molar refractivity (Wildman–Crippen MR) is 92.2 cm³/mol. The number of hydrogen-bond acceptors (Lipinski definition) is 3. The molecule has 0 spiro atoms. The van der Waals surface area contributed by atoms with Crippen LogP contribution in [0.5, 0.6) is 0 Å². The van der Waals surface area contributed by atoms with Gasteiger partial charge in [-0.1, -0.05) is 39.7 Å². The Kier molecular flexibility index (Phi) is 5.19. The summed E-state index contributed by atoms with van der Waals surface area (Å²) >= 11 is 0. The average molecular weight is 337 g/mol. The number of nitrogens with one attached hydrogen (secondary N) is 1. The van der Waals surface area contributed by atoms with Crippen LogP contribution >= 0.6 is 0 Å². The van der Waals surface area contributed by atoms with Crippen molar-refractivity contribution in [2.75, 3.05) is 6.26 Å². The lowest BCUT2D eigenvalue weighted by atomic mass is 9.69. The summed E-state index contributed by atoms with van der Waals surface area (Å²) in [6.45, 7) is 6.64. The minimum atomic E-state index is -3.31. The van der Waals surface area contributed by atoms with Gasteiger partial charge in [0.2, 0.25) is 0 Å². The summed E-state index contributed by atoms with van der Waals surface area (Å²) in [5.41, 5.74) is 0.554. The Hall–Kier alpha value is -1.36. The van der Waals surface area contributed by atoms with E-state index >= 15 is 0 Å². The summed E-state index contributed by atoms with van der Waals surface area (Å²) in [7, 11) is -3.31. The highest BCUT2D eigenvalue weighted by atomic mass is 32.2. The molecule has 0 bridgehead atoms. The number of carbonyl (C=O) groups excluding carboxylic acids is 1. The molecule has 2 rings (SSSR count). The second-order valence-electron chi connectivity index (χ2n) is 7.64. The van der Waals surface area contributed by atoms with E-state index in [1.165, 1.54) is 18.6 Å². The Labute approximate surface area is 139 Å². The third-order valence-electron chi connectivity index (χ3n) is 4.72. The molecule has 1 aliphatic carbocycles. The van der Waals surface area contributed by atoms with Crippen LogP contribution in [0.25, 0.3) is 0 Å². The van der Waals surface area contributed by atoms with Gasteiger partial charge in [-0.05, 0) is 42.4 Å². The van der Waals surface area contributed by atoms with E-state index in [0.717, 1.165) is 25.5 Å². The largest absolute Gasteiger partial charge is 0.349 e. The van der Waals surface area contributed by atoms with E-state index in [2.05, 4.69) is 26.1 Å². The summed E-state index contributed by atoms with van der Waals surface area (Å²) in [6, 6.07) is 6.41. The number of rotatable bonds is 3. The highest BCUT2D eigenvalue weighted by molar-refractivity contribution is 7.90. The number of sulfone groups is 1. The molecule has 2 atom stereocenters. The minimum Gasteiger partial charge on any atom is -0.349 e.